The molecule has 1 heterocycles. The minimum atomic E-state index is 0.322. The molecule has 3 heteroatoms. The molecule has 0 bridgehead atoms. The van der Waals surface area contributed by atoms with Crippen LogP contribution in [-0.4, -0.2) is 24.1 Å². The predicted molar refractivity (Wildman–Crippen MR) is 74.4 cm³/mol. The van der Waals surface area contributed by atoms with Gasteiger partial charge in [0.25, 0.3) is 0 Å². The lowest BCUT2D eigenvalue weighted by Crippen LogP contribution is -2.37. The van der Waals surface area contributed by atoms with Crippen molar-refractivity contribution in [2.75, 3.05) is 13.7 Å². The van der Waals surface area contributed by atoms with Gasteiger partial charge in [-0.3, -0.25) is 4.90 Å². The number of nitrogens with zero attached hydrogens (tertiary/aromatic N) is 1. The van der Waals surface area contributed by atoms with Gasteiger partial charge in [-0.1, -0.05) is 15.9 Å². The van der Waals surface area contributed by atoms with Gasteiger partial charge >= 0.3 is 0 Å². The number of halogens is 1. The predicted octanol–water partition coefficient (Wildman–Crippen LogP) is 3.83. The summed E-state index contributed by atoms with van der Waals surface area (Å²) >= 11 is 3.62. The summed E-state index contributed by atoms with van der Waals surface area (Å²) in [4.78, 5) is 2.55. The summed E-state index contributed by atoms with van der Waals surface area (Å²) in [5.41, 5.74) is 1.63. The molecular weight excluding hydrogens is 278 g/mol. The van der Waals surface area contributed by atoms with Gasteiger partial charge in [-0.05, 0) is 57.0 Å². The molecule has 1 aliphatic heterocycles. The fourth-order valence-corrected chi connectivity index (χ4v) is 2.83. The van der Waals surface area contributed by atoms with Crippen molar-refractivity contribution in [3.8, 4) is 5.75 Å². The highest BCUT2D eigenvalue weighted by Gasteiger charge is 2.31. The van der Waals surface area contributed by atoms with Gasteiger partial charge in [0.15, 0.2) is 0 Å². The number of hydrogen-bond acceptors (Lipinski definition) is 2. The van der Waals surface area contributed by atoms with Gasteiger partial charge < -0.3 is 4.74 Å². The average molecular weight is 298 g/mol. The van der Waals surface area contributed by atoms with Gasteiger partial charge in [-0.25, -0.2) is 0 Å². The van der Waals surface area contributed by atoms with Crippen LogP contribution in [0.25, 0.3) is 0 Å². The number of benzene rings is 1. The Balaban J connectivity index is 2.18. The Labute approximate surface area is 112 Å². The highest BCUT2D eigenvalue weighted by atomic mass is 79.9. The van der Waals surface area contributed by atoms with E-state index in [2.05, 4.69) is 46.8 Å². The normalized spacial score (nSPS) is 19.5. The van der Waals surface area contributed by atoms with Crippen molar-refractivity contribution in [1.29, 1.82) is 0 Å². The Morgan fingerprint density at radius 1 is 1.41 bits per heavy atom. The average Bonchev–Trinajstić information content (AvgIpc) is 2.61. The van der Waals surface area contributed by atoms with Gasteiger partial charge in [-0.15, -0.1) is 0 Å². The first-order valence-electron chi connectivity index (χ1n) is 6.10. The third-order valence-electron chi connectivity index (χ3n) is 3.69. The van der Waals surface area contributed by atoms with Gasteiger partial charge in [0, 0.05) is 16.6 Å². The van der Waals surface area contributed by atoms with Crippen LogP contribution in [0, 0.1) is 0 Å². The van der Waals surface area contributed by atoms with E-state index < -0.39 is 0 Å². The van der Waals surface area contributed by atoms with Crippen molar-refractivity contribution in [2.24, 2.45) is 0 Å². The third kappa shape index (κ3) is 2.83. The van der Waals surface area contributed by atoms with E-state index in [1.165, 1.54) is 29.4 Å². The van der Waals surface area contributed by atoms with Crippen LogP contribution in [0.2, 0.25) is 0 Å². The van der Waals surface area contributed by atoms with E-state index in [9.17, 15) is 0 Å². The Kier molecular flexibility index (Phi) is 3.79. The molecule has 1 aliphatic rings. The molecule has 1 aromatic carbocycles. The smallest absolute Gasteiger partial charge is 0.119 e. The summed E-state index contributed by atoms with van der Waals surface area (Å²) in [7, 11) is 1.72. The molecule has 0 N–H and O–H groups in total. The van der Waals surface area contributed by atoms with E-state index in [1.807, 2.05) is 6.07 Å². The fourth-order valence-electron chi connectivity index (χ4n) is 2.46. The maximum atomic E-state index is 5.29. The lowest BCUT2D eigenvalue weighted by atomic mass is 10.0. The Bertz CT molecular complexity index is 403. The van der Waals surface area contributed by atoms with Crippen LogP contribution in [0.4, 0.5) is 0 Å². The standard InChI is InChI=1S/C14H20BrNO/c1-14(2)7-4-8-16(14)10-11-9-12(17-3)5-6-13(11)15/h5-6,9H,4,7-8,10H2,1-3H3. The Morgan fingerprint density at radius 2 is 2.18 bits per heavy atom. The van der Waals surface area contributed by atoms with Crippen LogP contribution in [0.1, 0.15) is 32.3 Å². The molecule has 0 aromatic heterocycles. The molecule has 0 radical (unpaired) electrons. The molecule has 2 rings (SSSR count). The van der Waals surface area contributed by atoms with E-state index in [0.29, 0.717) is 5.54 Å². The van der Waals surface area contributed by atoms with Crippen LogP contribution in [0.5, 0.6) is 5.75 Å². The summed E-state index contributed by atoms with van der Waals surface area (Å²) < 4.78 is 6.45. The van der Waals surface area contributed by atoms with E-state index in [4.69, 9.17) is 4.74 Å². The van der Waals surface area contributed by atoms with Crippen LogP contribution in [0.3, 0.4) is 0 Å². The SMILES string of the molecule is COc1ccc(Br)c(CN2CCCC2(C)C)c1. The first-order chi connectivity index (χ1) is 8.03. The van der Waals surface area contributed by atoms with Crippen molar-refractivity contribution in [1.82, 2.24) is 4.90 Å². The third-order valence-corrected chi connectivity index (χ3v) is 4.46. The zero-order valence-corrected chi connectivity index (χ0v) is 12.4. The summed E-state index contributed by atoms with van der Waals surface area (Å²) in [5.74, 6) is 0.931. The second-order valence-electron chi connectivity index (χ2n) is 5.29. The first kappa shape index (κ1) is 12.9. The summed E-state index contributed by atoms with van der Waals surface area (Å²) in [5, 5.41) is 0. The quantitative estimate of drug-likeness (QED) is 0.841. The lowest BCUT2D eigenvalue weighted by Gasteiger charge is -2.31. The zero-order valence-electron chi connectivity index (χ0n) is 10.8. The molecule has 94 valence electrons. The first-order valence-corrected chi connectivity index (χ1v) is 6.90. The highest BCUT2D eigenvalue weighted by molar-refractivity contribution is 9.10. The molecule has 0 aliphatic carbocycles. The van der Waals surface area contributed by atoms with E-state index in [-0.39, 0.29) is 0 Å². The molecular formula is C14H20BrNO. The van der Waals surface area contributed by atoms with Crippen LogP contribution in [-0.2, 0) is 6.54 Å². The van der Waals surface area contributed by atoms with Crippen molar-refractivity contribution in [3.05, 3.63) is 28.2 Å². The van der Waals surface area contributed by atoms with Crippen molar-refractivity contribution >= 4 is 15.9 Å². The molecule has 0 unspecified atom stereocenters. The molecule has 0 amide bonds. The van der Waals surface area contributed by atoms with E-state index >= 15 is 0 Å². The molecule has 0 saturated carbocycles. The van der Waals surface area contributed by atoms with Crippen LogP contribution >= 0.6 is 15.9 Å². The molecule has 1 fully saturated rings. The lowest BCUT2D eigenvalue weighted by molar-refractivity contribution is 0.166. The van der Waals surface area contributed by atoms with E-state index in [0.717, 1.165) is 12.3 Å². The fraction of sp³-hybridized carbons (Fsp3) is 0.571. The zero-order chi connectivity index (χ0) is 12.5. The van der Waals surface area contributed by atoms with Crippen molar-refractivity contribution < 1.29 is 4.74 Å². The molecule has 1 aromatic rings. The topological polar surface area (TPSA) is 12.5 Å². The highest BCUT2D eigenvalue weighted by Crippen LogP contribution is 2.32. The molecule has 0 atom stereocenters. The maximum Gasteiger partial charge on any atom is 0.119 e. The maximum absolute atomic E-state index is 5.29. The van der Waals surface area contributed by atoms with Gasteiger partial charge in [-0.2, -0.15) is 0 Å². The van der Waals surface area contributed by atoms with Crippen LogP contribution < -0.4 is 4.74 Å². The number of methoxy groups -OCH3 is 1. The number of hydrogen-bond donors (Lipinski definition) is 0. The number of rotatable bonds is 3. The van der Waals surface area contributed by atoms with Crippen molar-refractivity contribution in [3.63, 3.8) is 0 Å². The monoisotopic (exact) mass is 297 g/mol. The Morgan fingerprint density at radius 3 is 2.76 bits per heavy atom. The van der Waals surface area contributed by atoms with E-state index in [1.54, 1.807) is 7.11 Å². The second-order valence-corrected chi connectivity index (χ2v) is 6.15. The molecule has 2 nitrogen and oxygen atoms in total. The minimum absolute atomic E-state index is 0.322. The second kappa shape index (κ2) is 4.99. The van der Waals surface area contributed by atoms with Crippen molar-refractivity contribution in [2.45, 2.75) is 38.8 Å². The summed E-state index contributed by atoms with van der Waals surface area (Å²) in [6, 6.07) is 6.18. The summed E-state index contributed by atoms with van der Waals surface area (Å²) in [6.45, 7) is 6.84. The number of likely N-dealkylation sites (tertiary alicyclic amines) is 1. The molecule has 0 spiro atoms. The molecule has 17 heavy (non-hydrogen) atoms. The van der Waals surface area contributed by atoms with Gasteiger partial charge in [0.05, 0.1) is 7.11 Å². The number of ether oxygens (including phenoxy) is 1. The molecule has 1 saturated heterocycles. The van der Waals surface area contributed by atoms with Crippen LogP contribution in [0.15, 0.2) is 22.7 Å². The van der Waals surface area contributed by atoms with Gasteiger partial charge in [0.1, 0.15) is 5.75 Å². The largest absolute Gasteiger partial charge is 0.497 e. The summed E-state index contributed by atoms with van der Waals surface area (Å²) in [6.07, 6.45) is 2.59. The van der Waals surface area contributed by atoms with Gasteiger partial charge in [0.2, 0.25) is 0 Å². The minimum Gasteiger partial charge on any atom is -0.497 e. The Hall–Kier alpha value is -0.540.